The summed E-state index contributed by atoms with van der Waals surface area (Å²) in [4.78, 5) is 0. The highest BCUT2D eigenvalue weighted by Crippen LogP contribution is 2.21. The monoisotopic (exact) mass is 268 g/mol. The first-order chi connectivity index (χ1) is 9.69. The van der Waals surface area contributed by atoms with Gasteiger partial charge in [-0.3, -0.25) is 4.68 Å². The van der Waals surface area contributed by atoms with Crippen molar-refractivity contribution in [1.29, 1.82) is 0 Å². The van der Waals surface area contributed by atoms with Gasteiger partial charge in [-0.1, -0.05) is 35.9 Å². The van der Waals surface area contributed by atoms with E-state index in [9.17, 15) is 5.11 Å². The Morgan fingerprint density at radius 1 is 1.50 bits per heavy atom. The molecule has 3 heteroatoms. The summed E-state index contributed by atoms with van der Waals surface area (Å²) in [5, 5.41) is 14.9. The highest BCUT2D eigenvalue weighted by molar-refractivity contribution is 5.79. The minimum Gasteiger partial charge on any atom is -0.392 e. The maximum Gasteiger partial charge on any atom is 0.0891 e. The van der Waals surface area contributed by atoms with Crippen molar-refractivity contribution in [3.63, 3.8) is 0 Å². The van der Waals surface area contributed by atoms with E-state index in [-0.39, 0.29) is 12.6 Å². The van der Waals surface area contributed by atoms with Crippen LogP contribution in [0.1, 0.15) is 18.5 Å². The number of allylic oxidation sites excluding steroid dienone is 3. The fourth-order valence-corrected chi connectivity index (χ4v) is 2.24. The summed E-state index contributed by atoms with van der Waals surface area (Å²) in [5.74, 6) is 0. The average molecular weight is 268 g/mol. The molecule has 2 rings (SSSR count). The molecule has 0 saturated heterocycles. The molecule has 0 aliphatic carbocycles. The Labute approximate surface area is 119 Å². The van der Waals surface area contributed by atoms with Gasteiger partial charge >= 0.3 is 0 Å². The predicted octanol–water partition coefficient (Wildman–Crippen LogP) is 3.57. The minimum atomic E-state index is -0.0754. The van der Waals surface area contributed by atoms with E-state index in [0.29, 0.717) is 0 Å². The normalized spacial score (nSPS) is 14.1. The zero-order valence-corrected chi connectivity index (χ0v) is 12.0. The largest absolute Gasteiger partial charge is 0.392 e. The van der Waals surface area contributed by atoms with Gasteiger partial charge in [0.2, 0.25) is 0 Å². The Morgan fingerprint density at radius 3 is 2.95 bits per heavy atom. The van der Waals surface area contributed by atoms with Gasteiger partial charge in [-0.05, 0) is 31.6 Å². The summed E-state index contributed by atoms with van der Waals surface area (Å²) in [6, 6.07) is 6.18. The molecule has 3 nitrogen and oxygen atoms in total. The van der Waals surface area contributed by atoms with E-state index in [1.165, 1.54) is 5.56 Å². The molecule has 0 bridgehead atoms. The Kier molecular flexibility index (Phi) is 4.53. The molecule has 1 unspecified atom stereocenters. The number of fused-ring (bicyclic) bond motifs is 1. The van der Waals surface area contributed by atoms with Gasteiger partial charge in [0.1, 0.15) is 0 Å². The first-order valence-corrected chi connectivity index (χ1v) is 6.70. The highest BCUT2D eigenvalue weighted by Gasteiger charge is 2.09. The molecule has 0 amide bonds. The Balaban J connectivity index is 2.47. The van der Waals surface area contributed by atoms with E-state index in [0.717, 1.165) is 16.5 Å². The second-order valence-electron chi connectivity index (χ2n) is 4.78. The number of aliphatic hydroxyl groups is 1. The highest BCUT2D eigenvalue weighted by atomic mass is 16.3. The molecule has 0 fully saturated rings. The quantitative estimate of drug-likeness (QED) is 0.665. The second-order valence-corrected chi connectivity index (χ2v) is 4.78. The van der Waals surface area contributed by atoms with Gasteiger partial charge in [-0.25, -0.2) is 0 Å². The molecule has 0 spiro atoms. The Morgan fingerprint density at radius 2 is 2.30 bits per heavy atom. The molecule has 0 aliphatic rings. The number of aryl methyl sites for hydroxylation is 1. The fraction of sp³-hybridized carbons (Fsp3) is 0.235. The molecule has 1 atom stereocenters. The molecular weight excluding hydrogens is 248 g/mol. The number of hydrogen-bond donors (Lipinski definition) is 1. The molecule has 20 heavy (non-hydrogen) atoms. The summed E-state index contributed by atoms with van der Waals surface area (Å²) < 4.78 is 1.92. The number of aliphatic hydroxyl groups excluding tert-OH is 1. The minimum absolute atomic E-state index is 0.00693. The van der Waals surface area contributed by atoms with E-state index in [2.05, 4.69) is 36.8 Å². The van der Waals surface area contributed by atoms with Crippen molar-refractivity contribution in [2.24, 2.45) is 0 Å². The molecule has 1 heterocycles. The summed E-state index contributed by atoms with van der Waals surface area (Å²) in [6.07, 6.45) is 9.46. The van der Waals surface area contributed by atoms with Gasteiger partial charge in [0.05, 0.1) is 24.4 Å². The third kappa shape index (κ3) is 2.89. The van der Waals surface area contributed by atoms with Gasteiger partial charge < -0.3 is 5.11 Å². The number of nitrogens with zero attached hydrogens (tertiary/aromatic N) is 2. The summed E-state index contributed by atoms with van der Waals surface area (Å²) in [7, 11) is 0. The van der Waals surface area contributed by atoms with Crippen LogP contribution in [0.15, 0.2) is 60.9 Å². The lowest BCUT2D eigenvalue weighted by molar-refractivity contribution is 0.334. The zero-order chi connectivity index (χ0) is 14.5. The zero-order valence-electron chi connectivity index (χ0n) is 12.0. The molecule has 1 aromatic heterocycles. The third-order valence-corrected chi connectivity index (χ3v) is 3.22. The summed E-state index contributed by atoms with van der Waals surface area (Å²) in [5.41, 5.74) is 3.13. The maximum atomic E-state index is 9.37. The molecule has 2 aromatic rings. The van der Waals surface area contributed by atoms with Crippen LogP contribution in [-0.2, 0) is 0 Å². The number of rotatable bonds is 5. The van der Waals surface area contributed by atoms with Crippen LogP contribution < -0.4 is 0 Å². The molecule has 1 aromatic carbocycles. The van der Waals surface area contributed by atoms with E-state index >= 15 is 0 Å². The van der Waals surface area contributed by atoms with Crippen molar-refractivity contribution in [2.45, 2.75) is 19.9 Å². The van der Waals surface area contributed by atoms with Crippen molar-refractivity contribution in [3.8, 4) is 0 Å². The molecule has 0 radical (unpaired) electrons. The van der Waals surface area contributed by atoms with Crippen LogP contribution in [-0.4, -0.2) is 21.5 Å². The van der Waals surface area contributed by atoms with Crippen molar-refractivity contribution in [3.05, 3.63) is 66.4 Å². The van der Waals surface area contributed by atoms with E-state index in [1.807, 2.05) is 42.1 Å². The molecule has 104 valence electrons. The van der Waals surface area contributed by atoms with Gasteiger partial charge in [-0.15, -0.1) is 6.58 Å². The van der Waals surface area contributed by atoms with Gasteiger partial charge in [-0.2, -0.15) is 5.10 Å². The van der Waals surface area contributed by atoms with E-state index < -0.39 is 0 Å². The Hall–Kier alpha value is -2.13. The lowest BCUT2D eigenvalue weighted by Gasteiger charge is -2.12. The lowest BCUT2D eigenvalue weighted by Crippen LogP contribution is -2.06. The van der Waals surface area contributed by atoms with Crippen molar-refractivity contribution in [2.75, 3.05) is 6.61 Å². The molecule has 0 aliphatic heterocycles. The van der Waals surface area contributed by atoms with Crippen LogP contribution in [0.2, 0.25) is 0 Å². The first-order valence-electron chi connectivity index (χ1n) is 6.70. The van der Waals surface area contributed by atoms with Gasteiger partial charge in [0, 0.05) is 5.39 Å². The molecule has 1 N–H and O–H groups in total. The second kappa shape index (κ2) is 6.35. The van der Waals surface area contributed by atoms with E-state index in [4.69, 9.17) is 0 Å². The average Bonchev–Trinajstić information content (AvgIpc) is 2.86. The molecule has 0 saturated carbocycles. The summed E-state index contributed by atoms with van der Waals surface area (Å²) >= 11 is 0. The molecular formula is C17H20N2O. The van der Waals surface area contributed by atoms with Crippen LogP contribution in [0.5, 0.6) is 0 Å². The number of hydrogen-bond acceptors (Lipinski definition) is 2. The Bertz CT molecular complexity index is 665. The van der Waals surface area contributed by atoms with Gasteiger partial charge in [0.25, 0.3) is 0 Å². The van der Waals surface area contributed by atoms with Crippen molar-refractivity contribution < 1.29 is 5.11 Å². The first kappa shape index (κ1) is 14.3. The maximum absolute atomic E-state index is 9.37. The SMILES string of the molecule is C=CC(/C=C(\C=C/C)CO)n1ncc2cc(C)ccc21. The van der Waals surface area contributed by atoms with Crippen molar-refractivity contribution in [1.82, 2.24) is 9.78 Å². The van der Waals surface area contributed by atoms with Crippen LogP contribution in [0.3, 0.4) is 0 Å². The number of benzene rings is 1. The van der Waals surface area contributed by atoms with E-state index in [1.54, 1.807) is 0 Å². The summed E-state index contributed by atoms with van der Waals surface area (Å²) in [6.45, 7) is 7.88. The van der Waals surface area contributed by atoms with Crippen molar-refractivity contribution >= 4 is 10.9 Å². The van der Waals surface area contributed by atoms with Crippen LogP contribution in [0.4, 0.5) is 0 Å². The van der Waals surface area contributed by atoms with Gasteiger partial charge in [0.15, 0.2) is 0 Å². The standard InChI is InChI=1S/C17H20N2O/c1-4-6-14(12-20)10-16(5-2)19-17-8-7-13(3)9-15(17)11-18-19/h4-11,16,20H,2,12H2,1,3H3/b6-4-,14-10+. The van der Waals surface area contributed by atoms with Crippen LogP contribution in [0.25, 0.3) is 10.9 Å². The van der Waals surface area contributed by atoms with Crippen LogP contribution >= 0.6 is 0 Å². The lowest BCUT2D eigenvalue weighted by atomic mass is 10.1. The third-order valence-electron chi connectivity index (χ3n) is 3.22. The predicted molar refractivity (Wildman–Crippen MR) is 83.7 cm³/mol. The van der Waals surface area contributed by atoms with Crippen LogP contribution in [0, 0.1) is 6.92 Å². The number of aromatic nitrogens is 2. The fourth-order valence-electron chi connectivity index (χ4n) is 2.24. The smallest absolute Gasteiger partial charge is 0.0891 e. The topological polar surface area (TPSA) is 38.0 Å².